The van der Waals surface area contributed by atoms with Crippen LogP contribution < -0.4 is 0 Å². The number of aliphatic hydroxyl groups is 1. The van der Waals surface area contributed by atoms with Crippen molar-refractivity contribution in [2.24, 2.45) is 0 Å². The van der Waals surface area contributed by atoms with Gasteiger partial charge in [-0.05, 0) is 50.2 Å². The molecule has 1 fully saturated rings. The zero-order valence-corrected chi connectivity index (χ0v) is 12.2. The third kappa shape index (κ3) is 4.38. The average molecular weight is 313 g/mol. The zero-order valence-electron chi connectivity index (χ0n) is 10.6. The molecule has 18 heavy (non-hydrogen) atoms. The maximum absolute atomic E-state index is 10.1. The van der Waals surface area contributed by atoms with Crippen LogP contribution in [-0.4, -0.2) is 23.9 Å². The third-order valence-electron chi connectivity index (χ3n) is 3.51. The molecule has 0 amide bonds. The van der Waals surface area contributed by atoms with E-state index >= 15 is 0 Å². The van der Waals surface area contributed by atoms with Crippen molar-refractivity contribution in [2.45, 2.75) is 50.7 Å². The largest absolute Gasteiger partial charge is 0.393 e. The van der Waals surface area contributed by atoms with Gasteiger partial charge in [-0.15, -0.1) is 0 Å². The second-order valence-electron chi connectivity index (χ2n) is 5.02. The normalized spacial score (nSPS) is 21.8. The van der Waals surface area contributed by atoms with Gasteiger partial charge in [-0.25, -0.2) is 0 Å². The Labute approximate surface area is 117 Å². The monoisotopic (exact) mass is 312 g/mol. The van der Waals surface area contributed by atoms with E-state index in [9.17, 15) is 5.11 Å². The molecule has 1 N–H and O–H groups in total. The lowest BCUT2D eigenvalue weighted by atomic mass is 9.99. The molecule has 0 spiro atoms. The lowest BCUT2D eigenvalue weighted by Gasteiger charge is -2.23. The Bertz CT molecular complexity index is 361. The summed E-state index contributed by atoms with van der Waals surface area (Å²) in [5, 5.41) is 10.1. The SMILES string of the molecule is OC(CCC1CCCCO1)Cc1ccccc1Br. The second-order valence-corrected chi connectivity index (χ2v) is 5.87. The van der Waals surface area contributed by atoms with Crippen LogP contribution in [0.15, 0.2) is 28.7 Å². The van der Waals surface area contributed by atoms with Gasteiger partial charge in [0.15, 0.2) is 0 Å². The van der Waals surface area contributed by atoms with Crippen molar-refractivity contribution >= 4 is 15.9 Å². The predicted octanol–water partition coefficient (Wildman–Crippen LogP) is 3.70. The van der Waals surface area contributed by atoms with E-state index in [-0.39, 0.29) is 6.10 Å². The zero-order chi connectivity index (χ0) is 12.8. The highest BCUT2D eigenvalue weighted by Gasteiger charge is 2.16. The first-order chi connectivity index (χ1) is 8.75. The number of benzene rings is 1. The summed E-state index contributed by atoms with van der Waals surface area (Å²) < 4.78 is 6.76. The summed E-state index contributed by atoms with van der Waals surface area (Å²) in [6, 6.07) is 8.09. The van der Waals surface area contributed by atoms with Gasteiger partial charge in [0.2, 0.25) is 0 Å². The first-order valence-electron chi connectivity index (χ1n) is 6.79. The Morgan fingerprint density at radius 1 is 1.33 bits per heavy atom. The number of hydrogen-bond donors (Lipinski definition) is 1. The maximum atomic E-state index is 10.1. The van der Waals surface area contributed by atoms with Crippen LogP contribution >= 0.6 is 15.9 Å². The highest BCUT2D eigenvalue weighted by molar-refractivity contribution is 9.10. The lowest BCUT2D eigenvalue weighted by Crippen LogP contribution is -2.21. The van der Waals surface area contributed by atoms with Crippen LogP contribution in [0.1, 0.15) is 37.7 Å². The Balaban J connectivity index is 1.74. The summed E-state index contributed by atoms with van der Waals surface area (Å²) in [5.41, 5.74) is 1.18. The fourth-order valence-electron chi connectivity index (χ4n) is 2.43. The molecule has 2 nitrogen and oxygen atoms in total. The topological polar surface area (TPSA) is 29.5 Å². The van der Waals surface area contributed by atoms with E-state index in [2.05, 4.69) is 22.0 Å². The van der Waals surface area contributed by atoms with Gasteiger partial charge in [0, 0.05) is 11.1 Å². The van der Waals surface area contributed by atoms with Crippen LogP contribution in [0.4, 0.5) is 0 Å². The number of rotatable bonds is 5. The predicted molar refractivity (Wildman–Crippen MR) is 76.7 cm³/mol. The van der Waals surface area contributed by atoms with Crippen molar-refractivity contribution in [3.63, 3.8) is 0 Å². The summed E-state index contributed by atoms with van der Waals surface area (Å²) in [6.07, 6.45) is 6.23. The molecule has 1 saturated heterocycles. The molecular formula is C15H21BrO2. The van der Waals surface area contributed by atoms with Crippen molar-refractivity contribution < 1.29 is 9.84 Å². The third-order valence-corrected chi connectivity index (χ3v) is 4.28. The van der Waals surface area contributed by atoms with E-state index in [0.717, 1.165) is 30.3 Å². The standard InChI is InChI=1S/C15H21BrO2/c16-15-7-2-1-5-12(15)11-13(17)8-9-14-6-3-4-10-18-14/h1-2,5,7,13-14,17H,3-4,6,8-11H2. The van der Waals surface area contributed by atoms with Gasteiger partial charge in [-0.2, -0.15) is 0 Å². The van der Waals surface area contributed by atoms with Gasteiger partial charge < -0.3 is 9.84 Å². The number of ether oxygens (including phenoxy) is 1. The van der Waals surface area contributed by atoms with E-state index in [0.29, 0.717) is 12.5 Å². The summed E-state index contributed by atoms with van der Waals surface area (Å²) >= 11 is 3.52. The average Bonchev–Trinajstić information content (AvgIpc) is 2.40. The Kier molecular flexibility index (Phi) is 5.67. The molecule has 0 aliphatic carbocycles. The first-order valence-corrected chi connectivity index (χ1v) is 7.58. The molecule has 0 bridgehead atoms. The molecule has 100 valence electrons. The molecule has 3 heteroatoms. The van der Waals surface area contributed by atoms with Crippen molar-refractivity contribution in [3.8, 4) is 0 Å². The highest BCUT2D eigenvalue weighted by Crippen LogP contribution is 2.21. The van der Waals surface area contributed by atoms with E-state index < -0.39 is 0 Å². The minimum atomic E-state index is -0.269. The second kappa shape index (κ2) is 7.27. The summed E-state index contributed by atoms with van der Waals surface area (Å²) in [4.78, 5) is 0. The van der Waals surface area contributed by atoms with Crippen LogP contribution in [-0.2, 0) is 11.2 Å². The summed E-state index contributed by atoms with van der Waals surface area (Å²) in [6.45, 7) is 0.894. The van der Waals surface area contributed by atoms with Gasteiger partial charge in [-0.3, -0.25) is 0 Å². The quantitative estimate of drug-likeness (QED) is 0.898. The molecule has 0 radical (unpaired) electrons. The van der Waals surface area contributed by atoms with Crippen molar-refractivity contribution in [2.75, 3.05) is 6.61 Å². The van der Waals surface area contributed by atoms with Crippen LogP contribution in [0.5, 0.6) is 0 Å². The molecule has 2 atom stereocenters. The maximum Gasteiger partial charge on any atom is 0.0581 e. The lowest BCUT2D eigenvalue weighted by molar-refractivity contribution is 0.00233. The van der Waals surface area contributed by atoms with Gasteiger partial charge in [0.05, 0.1) is 12.2 Å². The molecule has 2 rings (SSSR count). The number of halogens is 1. The molecule has 1 aliphatic rings. The minimum Gasteiger partial charge on any atom is -0.393 e. The van der Waals surface area contributed by atoms with Gasteiger partial charge in [0.25, 0.3) is 0 Å². The van der Waals surface area contributed by atoms with E-state index in [4.69, 9.17) is 4.74 Å². The fraction of sp³-hybridized carbons (Fsp3) is 0.600. The molecule has 1 aromatic rings. The van der Waals surface area contributed by atoms with Crippen LogP contribution in [0.25, 0.3) is 0 Å². The van der Waals surface area contributed by atoms with E-state index in [1.807, 2.05) is 18.2 Å². The van der Waals surface area contributed by atoms with Crippen LogP contribution in [0.3, 0.4) is 0 Å². The first kappa shape index (κ1) is 14.0. The molecule has 1 heterocycles. The molecule has 2 unspecified atom stereocenters. The van der Waals surface area contributed by atoms with E-state index in [1.54, 1.807) is 0 Å². The van der Waals surface area contributed by atoms with Gasteiger partial charge in [0.1, 0.15) is 0 Å². The Morgan fingerprint density at radius 3 is 2.89 bits per heavy atom. The van der Waals surface area contributed by atoms with E-state index in [1.165, 1.54) is 18.4 Å². The summed E-state index contributed by atoms with van der Waals surface area (Å²) in [7, 11) is 0. The van der Waals surface area contributed by atoms with Crippen LogP contribution in [0.2, 0.25) is 0 Å². The van der Waals surface area contributed by atoms with Crippen LogP contribution in [0, 0.1) is 0 Å². The Hall–Kier alpha value is -0.380. The van der Waals surface area contributed by atoms with Crippen molar-refractivity contribution in [1.82, 2.24) is 0 Å². The molecule has 1 aromatic carbocycles. The molecule has 0 aromatic heterocycles. The highest BCUT2D eigenvalue weighted by atomic mass is 79.9. The Morgan fingerprint density at radius 2 is 2.17 bits per heavy atom. The smallest absolute Gasteiger partial charge is 0.0581 e. The van der Waals surface area contributed by atoms with Gasteiger partial charge >= 0.3 is 0 Å². The number of aliphatic hydroxyl groups excluding tert-OH is 1. The van der Waals surface area contributed by atoms with Crippen molar-refractivity contribution in [3.05, 3.63) is 34.3 Å². The van der Waals surface area contributed by atoms with Crippen molar-refractivity contribution in [1.29, 1.82) is 0 Å². The van der Waals surface area contributed by atoms with Gasteiger partial charge in [-0.1, -0.05) is 34.1 Å². The molecule has 0 saturated carbocycles. The minimum absolute atomic E-state index is 0.269. The molecular weight excluding hydrogens is 292 g/mol. The fourth-order valence-corrected chi connectivity index (χ4v) is 2.88. The molecule has 1 aliphatic heterocycles. The summed E-state index contributed by atoms with van der Waals surface area (Å²) in [5.74, 6) is 0. The number of hydrogen-bond acceptors (Lipinski definition) is 2.